The van der Waals surface area contributed by atoms with Gasteiger partial charge in [-0.25, -0.2) is 13.1 Å². The molecule has 0 radical (unpaired) electrons. The second-order valence-corrected chi connectivity index (χ2v) is 7.44. The van der Waals surface area contributed by atoms with E-state index in [1.165, 1.54) is 19.3 Å². The number of sulfonamides is 1. The number of benzene rings is 1. The molecule has 0 bridgehead atoms. The Morgan fingerprint density at radius 1 is 1.15 bits per heavy atom. The Morgan fingerprint density at radius 3 is 2.55 bits per heavy atom. The van der Waals surface area contributed by atoms with Crippen LogP contribution >= 0.6 is 0 Å². The molecule has 0 spiro atoms. The minimum atomic E-state index is -3.25. The van der Waals surface area contributed by atoms with Crippen LogP contribution in [0.4, 0.5) is 0 Å². The van der Waals surface area contributed by atoms with E-state index in [-0.39, 0.29) is 5.75 Å². The van der Waals surface area contributed by atoms with Gasteiger partial charge in [-0.15, -0.1) is 0 Å². The standard InChI is InChI=1S/C15H24N2O2S/c16-10-14-7-4-8-15(9-14)12-20(18,19)17-11-13-5-2-1-3-6-13/h4,7-9,13,17H,1-3,5-6,10-12,16H2. The second kappa shape index (κ2) is 7.20. The van der Waals surface area contributed by atoms with Crippen LogP contribution in [0.25, 0.3) is 0 Å². The largest absolute Gasteiger partial charge is 0.326 e. The van der Waals surface area contributed by atoms with Crippen molar-refractivity contribution in [2.75, 3.05) is 6.54 Å². The van der Waals surface area contributed by atoms with Crippen LogP contribution in [0.15, 0.2) is 24.3 Å². The monoisotopic (exact) mass is 296 g/mol. The van der Waals surface area contributed by atoms with Crippen LogP contribution in [-0.2, 0) is 22.3 Å². The van der Waals surface area contributed by atoms with E-state index in [0.717, 1.165) is 24.0 Å². The van der Waals surface area contributed by atoms with E-state index >= 15 is 0 Å². The van der Waals surface area contributed by atoms with Crippen molar-refractivity contribution in [2.24, 2.45) is 11.7 Å². The highest BCUT2D eigenvalue weighted by molar-refractivity contribution is 7.88. The highest BCUT2D eigenvalue weighted by atomic mass is 32.2. The van der Waals surface area contributed by atoms with E-state index in [9.17, 15) is 8.42 Å². The number of nitrogens with one attached hydrogen (secondary N) is 1. The zero-order valence-electron chi connectivity index (χ0n) is 11.8. The maximum atomic E-state index is 12.1. The predicted octanol–water partition coefficient (Wildman–Crippen LogP) is 2.14. The zero-order valence-corrected chi connectivity index (χ0v) is 12.7. The molecule has 0 heterocycles. The lowest BCUT2D eigenvalue weighted by Gasteiger charge is -2.21. The summed E-state index contributed by atoms with van der Waals surface area (Å²) in [5.74, 6) is 0.544. The minimum absolute atomic E-state index is 0.0353. The van der Waals surface area contributed by atoms with Crippen LogP contribution in [-0.4, -0.2) is 15.0 Å². The number of rotatable bonds is 6. The van der Waals surface area contributed by atoms with Gasteiger partial charge in [0.25, 0.3) is 0 Å². The van der Waals surface area contributed by atoms with Gasteiger partial charge in [0.15, 0.2) is 0 Å². The van der Waals surface area contributed by atoms with E-state index in [4.69, 9.17) is 5.73 Å². The minimum Gasteiger partial charge on any atom is -0.326 e. The predicted molar refractivity (Wildman–Crippen MR) is 81.5 cm³/mol. The fourth-order valence-corrected chi connectivity index (χ4v) is 3.96. The molecule has 1 saturated carbocycles. The summed E-state index contributed by atoms with van der Waals surface area (Å²) in [6.45, 7) is 1.02. The lowest BCUT2D eigenvalue weighted by Crippen LogP contribution is -2.31. The topological polar surface area (TPSA) is 72.2 Å². The third-order valence-corrected chi connectivity index (χ3v) is 5.22. The van der Waals surface area contributed by atoms with Crippen molar-refractivity contribution in [2.45, 2.75) is 44.4 Å². The Kier molecular flexibility index (Phi) is 5.57. The summed E-state index contributed by atoms with van der Waals surface area (Å²) in [5, 5.41) is 0. The molecule has 0 aromatic heterocycles. The van der Waals surface area contributed by atoms with Gasteiger partial charge in [-0.05, 0) is 29.9 Å². The van der Waals surface area contributed by atoms with Gasteiger partial charge in [-0.1, -0.05) is 43.5 Å². The Morgan fingerprint density at radius 2 is 1.85 bits per heavy atom. The lowest BCUT2D eigenvalue weighted by atomic mass is 9.90. The molecular weight excluding hydrogens is 272 g/mol. The fraction of sp³-hybridized carbons (Fsp3) is 0.600. The van der Waals surface area contributed by atoms with Crippen LogP contribution in [0, 0.1) is 5.92 Å². The molecule has 1 aliphatic rings. The highest BCUT2D eigenvalue weighted by Crippen LogP contribution is 2.23. The molecular formula is C15H24N2O2S. The molecule has 0 atom stereocenters. The van der Waals surface area contributed by atoms with Crippen molar-refractivity contribution in [3.63, 3.8) is 0 Å². The molecule has 0 saturated heterocycles. The summed E-state index contributed by atoms with van der Waals surface area (Å²) in [6.07, 6.45) is 6.03. The summed E-state index contributed by atoms with van der Waals surface area (Å²) in [5.41, 5.74) is 7.33. The van der Waals surface area contributed by atoms with Crippen LogP contribution in [0.5, 0.6) is 0 Å². The first-order valence-corrected chi connectivity index (χ1v) is 8.99. The first kappa shape index (κ1) is 15.5. The van der Waals surface area contributed by atoms with Gasteiger partial charge in [-0.2, -0.15) is 0 Å². The van der Waals surface area contributed by atoms with Crippen molar-refractivity contribution in [3.05, 3.63) is 35.4 Å². The molecule has 5 heteroatoms. The molecule has 1 fully saturated rings. The molecule has 0 amide bonds. The van der Waals surface area contributed by atoms with Crippen molar-refractivity contribution < 1.29 is 8.42 Å². The Labute approximate surface area is 121 Å². The molecule has 112 valence electrons. The molecule has 20 heavy (non-hydrogen) atoms. The summed E-state index contributed by atoms with van der Waals surface area (Å²) in [4.78, 5) is 0. The Balaban J connectivity index is 1.89. The summed E-state index contributed by atoms with van der Waals surface area (Å²) in [7, 11) is -3.25. The molecule has 3 N–H and O–H groups in total. The van der Waals surface area contributed by atoms with Crippen LogP contribution in [0.3, 0.4) is 0 Å². The average Bonchev–Trinajstić information content (AvgIpc) is 2.46. The van der Waals surface area contributed by atoms with E-state index in [1.807, 2.05) is 24.3 Å². The molecule has 1 aromatic carbocycles. The van der Waals surface area contributed by atoms with Gasteiger partial charge in [0.1, 0.15) is 0 Å². The quantitative estimate of drug-likeness (QED) is 0.845. The molecule has 1 aromatic rings. The van der Waals surface area contributed by atoms with E-state index in [0.29, 0.717) is 19.0 Å². The maximum Gasteiger partial charge on any atom is 0.215 e. The van der Waals surface area contributed by atoms with E-state index in [1.54, 1.807) is 0 Å². The maximum absolute atomic E-state index is 12.1. The van der Waals surface area contributed by atoms with E-state index in [2.05, 4.69) is 4.72 Å². The van der Waals surface area contributed by atoms with E-state index < -0.39 is 10.0 Å². The first-order valence-electron chi connectivity index (χ1n) is 7.34. The summed E-state index contributed by atoms with van der Waals surface area (Å²) < 4.78 is 27.0. The number of hydrogen-bond donors (Lipinski definition) is 2. The second-order valence-electron chi connectivity index (χ2n) is 5.64. The lowest BCUT2D eigenvalue weighted by molar-refractivity contribution is 0.357. The zero-order chi connectivity index (χ0) is 14.4. The first-order chi connectivity index (χ1) is 9.59. The Bertz CT molecular complexity index is 522. The van der Waals surface area contributed by atoms with Gasteiger partial charge in [0.05, 0.1) is 5.75 Å². The van der Waals surface area contributed by atoms with Gasteiger partial charge in [-0.3, -0.25) is 0 Å². The van der Waals surface area contributed by atoms with Crippen LogP contribution < -0.4 is 10.5 Å². The van der Waals surface area contributed by atoms with Crippen LogP contribution in [0.1, 0.15) is 43.2 Å². The highest BCUT2D eigenvalue weighted by Gasteiger charge is 2.17. The third-order valence-electron chi connectivity index (χ3n) is 3.90. The smallest absolute Gasteiger partial charge is 0.215 e. The number of hydrogen-bond acceptors (Lipinski definition) is 3. The SMILES string of the molecule is NCc1cccc(CS(=O)(=O)NCC2CCCCC2)c1. The van der Waals surface area contributed by atoms with Gasteiger partial charge in [0, 0.05) is 13.1 Å². The van der Waals surface area contributed by atoms with Gasteiger partial charge < -0.3 is 5.73 Å². The average molecular weight is 296 g/mol. The van der Waals surface area contributed by atoms with Crippen LogP contribution in [0.2, 0.25) is 0 Å². The van der Waals surface area contributed by atoms with Crippen molar-refractivity contribution >= 4 is 10.0 Å². The third kappa shape index (κ3) is 4.89. The Hall–Kier alpha value is -0.910. The summed E-state index contributed by atoms with van der Waals surface area (Å²) >= 11 is 0. The normalized spacial score (nSPS) is 17.2. The van der Waals surface area contributed by atoms with Crippen molar-refractivity contribution in [3.8, 4) is 0 Å². The van der Waals surface area contributed by atoms with Gasteiger partial charge >= 0.3 is 0 Å². The molecule has 0 aliphatic heterocycles. The summed E-state index contributed by atoms with van der Waals surface area (Å²) in [6, 6.07) is 7.46. The molecule has 1 aliphatic carbocycles. The molecule has 0 unspecified atom stereocenters. The molecule has 4 nitrogen and oxygen atoms in total. The van der Waals surface area contributed by atoms with Crippen molar-refractivity contribution in [1.82, 2.24) is 4.72 Å². The van der Waals surface area contributed by atoms with Crippen molar-refractivity contribution in [1.29, 1.82) is 0 Å². The fourth-order valence-electron chi connectivity index (χ4n) is 2.75. The van der Waals surface area contributed by atoms with Gasteiger partial charge in [0.2, 0.25) is 10.0 Å². The molecule has 2 rings (SSSR count). The number of nitrogens with two attached hydrogens (primary N) is 1.